The summed E-state index contributed by atoms with van der Waals surface area (Å²) in [5.74, 6) is -0.965. The van der Waals surface area contributed by atoms with Gasteiger partial charge in [-0.2, -0.15) is 13.7 Å². The molecule has 0 aromatic heterocycles. The summed E-state index contributed by atoms with van der Waals surface area (Å²) in [4.78, 5) is 12.5. The van der Waals surface area contributed by atoms with Gasteiger partial charge in [0.15, 0.2) is 5.75 Å². The van der Waals surface area contributed by atoms with Crippen molar-refractivity contribution in [3.63, 3.8) is 0 Å². The highest BCUT2D eigenvalue weighted by Gasteiger charge is 2.19. The molecule has 0 bridgehead atoms. The topological polar surface area (TPSA) is 96.3 Å². The van der Waals surface area contributed by atoms with Gasteiger partial charge in [0.1, 0.15) is 5.75 Å². The molecule has 3 rings (SSSR count). The summed E-state index contributed by atoms with van der Waals surface area (Å²) >= 11 is 0. The monoisotopic (exact) mass is 392 g/mol. The minimum absolute atomic E-state index is 0.0626. The van der Waals surface area contributed by atoms with Gasteiger partial charge >= 0.3 is 10.1 Å². The van der Waals surface area contributed by atoms with Gasteiger partial charge in [-0.15, -0.1) is 0 Å². The molecule has 6 nitrogen and oxygen atoms in total. The molecule has 0 radical (unpaired) electrons. The summed E-state index contributed by atoms with van der Waals surface area (Å²) in [6.45, 7) is 0. The van der Waals surface area contributed by atoms with Crippen molar-refractivity contribution >= 4 is 21.7 Å². The molecule has 0 unspecified atom stereocenters. The number of nitrogens with zero attached hydrogens (tertiary/aromatic N) is 1. The summed E-state index contributed by atoms with van der Waals surface area (Å²) in [6.07, 6.45) is 0. The van der Waals surface area contributed by atoms with E-state index in [4.69, 9.17) is 9.44 Å². The lowest BCUT2D eigenvalue weighted by Gasteiger charge is -2.12. The van der Waals surface area contributed by atoms with E-state index in [9.17, 15) is 13.2 Å². The van der Waals surface area contributed by atoms with E-state index in [0.717, 1.165) is 0 Å². The number of carbonyl (C=O) groups is 1. The van der Waals surface area contributed by atoms with Crippen molar-refractivity contribution in [1.29, 1.82) is 5.26 Å². The number of rotatable bonds is 6. The number of benzene rings is 3. The van der Waals surface area contributed by atoms with E-state index in [-0.39, 0.29) is 11.3 Å². The van der Waals surface area contributed by atoms with E-state index in [1.165, 1.54) is 18.2 Å². The molecule has 28 heavy (non-hydrogen) atoms. The van der Waals surface area contributed by atoms with E-state index in [1.807, 2.05) is 12.1 Å². The van der Waals surface area contributed by atoms with Crippen LogP contribution >= 0.6 is 0 Å². The lowest BCUT2D eigenvalue weighted by Crippen LogP contribution is -2.17. The highest BCUT2D eigenvalue weighted by molar-refractivity contribution is 7.86. The molecule has 0 aliphatic rings. The van der Waals surface area contributed by atoms with E-state index in [0.29, 0.717) is 16.8 Å². The Morgan fingerprint density at radius 2 is 1.68 bits per heavy atom. The summed E-state index contributed by atoms with van der Waals surface area (Å²) < 4.78 is 30.1. The first-order valence-electron chi connectivity index (χ1n) is 8.33. The standard InChI is InChI=1S/C21H16N2O4S/c22-14-16-7-6-8-17(13-16)15-28(25,26)27-20-12-5-4-11-19(20)21(24)23-18-9-2-1-3-10-18/h1-13H,15H2,(H,23,24). The van der Waals surface area contributed by atoms with Crippen LogP contribution in [0.4, 0.5) is 5.69 Å². The van der Waals surface area contributed by atoms with Crippen molar-refractivity contribution < 1.29 is 17.4 Å². The molecule has 0 heterocycles. The second kappa shape index (κ2) is 8.37. The van der Waals surface area contributed by atoms with Crippen molar-refractivity contribution in [1.82, 2.24) is 0 Å². The summed E-state index contributed by atoms with van der Waals surface area (Å²) in [5, 5.41) is 11.6. The Labute approximate surface area is 163 Å². The van der Waals surface area contributed by atoms with Crippen molar-refractivity contribution in [2.45, 2.75) is 5.75 Å². The van der Waals surface area contributed by atoms with Gasteiger partial charge in [0.05, 0.1) is 17.2 Å². The lowest BCUT2D eigenvalue weighted by molar-refractivity contribution is 0.102. The first-order valence-corrected chi connectivity index (χ1v) is 9.91. The van der Waals surface area contributed by atoms with Gasteiger partial charge in [-0.05, 0) is 42.0 Å². The molecule has 0 spiro atoms. The van der Waals surface area contributed by atoms with E-state index < -0.39 is 21.8 Å². The van der Waals surface area contributed by atoms with Gasteiger partial charge in [0.2, 0.25) is 0 Å². The number of hydrogen-bond acceptors (Lipinski definition) is 5. The van der Waals surface area contributed by atoms with Crippen molar-refractivity contribution in [2.75, 3.05) is 5.32 Å². The Bertz CT molecular complexity index is 1140. The Balaban J connectivity index is 1.80. The van der Waals surface area contributed by atoms with Crippen LogP contribution in [0.15, 0.2) is 78.9 Å². The fraction of sp³-hybridized carbons (Fsp3) is 0.0476. The normalized spacial score (nSPS) is 10.7. The number of nitrogens with one attached hydrogen (secondary N) is 1. The van der Waals surface area contributed by atoms with Crippen LogP contribution in [0.1, 0.15) is 21.5 Å². The smallest absolute Gasteiger partial charge is 0.313 e. The third-order valence-electron chi connectivity index (χ3n) is 3.78. The average Bonchev–Trinajstić information content (AvgIpc) is 2.68. The zero-order valence-electron chi connectivity index (χ0n) is 14.7. The van der Waals surface area contributed by atoms with Crippen LogP contribution in [0.2, 0.25) is 0 Å². The maximum absolute atomic E-state index is 12.5. The largest absolute Gasteiger partial charge is 0.381 e. The average molecular weight is 392 g/mol. The van der Waals surface area contributed by atoms with Crippen LogP contribution in [0, 0.1) is 11.3 Å². The summed E-state index contributed by atoms with van der Waals surface area (Å²) in [6, 6.07) is 23.1. The summed E-state index contributed by atoms with van der Waals surface area (Å²) in [7, 11) is -4.03. The molecule has 0 atom stereocenters. The zero-order chi connectivity index (χ0) is 20.0. The van der Waals surface area contributed by atoms with E-state index in [1.54, 1.807) is 54.6 Å². The van der Waals surface area contributed by atoms with Crippen molar-refractivity contribution in [3.05, 3.63) is 95.6 Å². The summed E-state index contributed by atoms with van der Waals surface area (Å²) in [5.41, 5.74) is 1.46. The molecule has 7 heteroatoms. The second-order valence-electron chi connectivity index (χ2n) is 5.91. The van der Waals surface area contributed by atoms with Crippen LogP contribution in [0.25, 0.3) is 0 Å². The zero-order valence-corrected chi connectivity index (χ0v) is 15.5. The van der Waals surface area contributed by atoms with Crippen LogP contribution in [0.3, 0.4) is 0 Å². The Morgan fingerprint density at radius 3 is 2.43 bits per heavy atom. The van der Waals surface area contributed by atoms with Crippen LogP contribution in [-0.4, -0.2) is 14.3 Å². The van der Waals surface area contributed by atoms with Gasteiger partial charge < -0.3 is 9.50 Å². The van der Waals surface area contributed by atoms with Gasteiger partial charge in [-0.1, -0.05) is 42.5 Å². The van der Waals surface area contributed by atoms with Gasteiger partial charge in [0.25, 0.3) is 5.91 Å². The molecule has 0 saturated heterocycles. The third kappa shape index (κ3) is 4.96. The Morgan fingerprint density at radius 1 is 0.964 bits per heavy atom. The molecular formula is C21H16N2O4S. The Hall–Kier alpha value is -3.63. The first-order chi connectivity index (χ1) is 13.5. The highest BCUT2D eigenvalue weighted by atomic mass is 32.2. The Kier molecular flexibility index (Phi) is 5.72. The molecule has 1 amide bonds. The number of anilines is 1. The second-order valence-corrected chi connectivity index (χ2v) is 7.48. The molecule has 0 saturated carbocycles. The molecule has 0 aliphatic carbocycles. The number of nitriles is 1. The van der Waals surface area contributed by atoms with Crippen molar-refractivity contribution in [3.8, 4) is 11.8 Å². The fourth-order valence-corrected chi connectivity index (χ4v) is 3.61. The number of para-hydroxylation sites is 2. The highest BCUT2D eigenvalue weighted by Crippen LogP contribution is 2.23. The molecule has 140 valence electrons. The quantitative estimate of drug-likeness (QED) is 0.645. The van der Waals surface area contributed by atoms with E-state index in [2.05, 4.69) is 5.32 Å². The molecule has 1 N–H and O–H groups in total. The third-order valence-corrected chi connectivity index (χ3v) is 4.90. The maximum atomic E-state index is 12.5. The number of hydrogen-bond donors (Lipinski definition) is 1. The van der Waals surface area contributed by atoms with Crippen molar-refractivity contribution in [2.24, 2.45) is 0 Å². The molecule has 3 aromatic carbocycles. The number of amides is 1. The van der Waals surface area contributed by atoms with Crippen LogP contribution in [-0.2, 0) is 15.9 Å². The maximum Gasteiger partial charge on any atom is 0.313 e. The van der Waals surface area contributed by atoms with Gasteiger partial charge in [-0.3, -0.25) is 4.79 Å². The minimum Gasteiger partial charge on any atom is -0.381 e. The van der Waals surface area contributed by atoms with Crippen LogP contribution < -0.4 is 9.50 Å². The molecule has 3 aromatic rings. The fourth-order valence-electron chi connectivity index (χ4n) is 2.55. The first kappa shape index (κ1) is 19.1. The molecular weight excluding hydrogens is 376 g/mol. The molecule has 0 aliphatic heterocycles. The van der Waals surface area contributed by atoms with E-state index >= 15 is 0 Å². The predicted octanol–water partition coefficient (Wildman–Crippen LogP) is 3.72. The number of carbonyl (C=O) groups excluding carboxylic acids is 1. The minimum atomic E-state index is -4.03. The predicted molar refractivity (Wildman–Crippen MR) is 105 cm³/mol. The molecule has 0 fully saturated rings. The van der Waals surface area contributed by atoms with Gasteiger partial charge in [0, 0.05) is 5.69 Å². The SMILES string of the molecule is N#Cc1cccc(CS(=O)(=O)Oc2ccccc2C(=O)Nc2ccccc2)c1. The van der Waals surface area contributed by atoms with Crippen LogP contribution in [0.5, 0.6) is 5.75 Å². The van der Waals surface area contributed by atoms with Gasteiger partial charge in [-0.25, -0.2) is 0 Å². The lowest BCUT2D eigenvalue weighted by atomic mass is 10.2.